The van der Waals surface area contributed by atoms with Gasteiger partial charge < -0.3 is 19.6 Å². The van der Waals surface area contributed by atoms with Crippen LogP contribution in [-0.2, 0) is 41.9 Å². The molecule has 4 heterocycles. The first-order valence-electron chi connectivity index (χ1n) is 34.7. The predicted molar refractivity (Wildman–Crippen MR) is 388 cm³/mol. The number of hydrogen-bond acceptors (Lipinski definition) is 8. The molecule has 6 aliphatic rings. The first-order valence-corrected chi connectivity index (χ1v) is 38.7. The van der Waals surface area contributed by atoms with Crippen LogP contribution in [0.4, 0.5) is 22.7 Å². The minimum absolute atomic E-state index is 0.0677. The first kappa shape index (κ1) is 69.7. The van der Waals surface area contributed by atoms with Crippen LogP contribution >= 0.6 is 23.2 Å². The standard InChI is InChI=1S/C78H104Cl2N4O6S2/c1-75(2)61-35-15-19-39-65(61)81(69(75)47-43-57-31-29-33-59(73(57)79)45-49-71-77(5,6)63-37-17-21-41-67(63)83(71)53-25-27-55-91(85,86)87)51-23-13-11-9-10-12-14-24-52-82-66-40-20-16-36-62(66)76(3,4)70(82)48-44-58-32-30-34-60(74(58)80)46-50-72-78(7,8)64-38-18-22-42-68(64)84(72)54-26-28-56-92(88,89)90/h15-22,35-48,69-72H,9-14,23-34,49-56H2,1-8H3,(H,85,86,87)(H,88,89,90)/b47-43+,48-44+,59-45+,60-46+. The van der Waals surface area contributed by atoms with Gasteiger partial charge in [-0.1, -0.05) is 226 Å². The number of fused-ring (bicyclic) bond motifs is 4. The van der Waals surface area contributed by atoms with E-state index in [1.807, 2.05) is 0 Å². The zero-order valence-electron chi connectivity index (χ0n) is 56.3. The van der Waals surface area contributed by atoms with E-state index in [1.54, 1.807) is 0 Å². The third kappa shape index (κ3) is 15.6. The molecule has 4 unspecified atom stereocenters. The van der Waals surface area contributed by atoms with Crippen molar-refractivity contribution in [3.8, 4) is 0 Å². The Bertz CT molecular complexity index is 3450. The fraction of sp³-hybridized carbons (Fsp3) is 0.538. The van der Waals surface area contributed by atoms with Crippen molar-refractivity contribution in [2.24, 2.45) is 0 Å². The van der Waals surface area contributed by atoms with Gasteiger partial charge in [-0.25, -0.2) is 0 Å². The lowest BCUT2D eigenvalue weighted by Crippen LogP contribution is -2.41. The third-order valence-electron chi connectivity index (χ3n) is 21.9. The average Bonchev–Trinajstić information content (AvgIpc) is 1.63. The van der Waals surface area contributed by atoms with Crippen LogP contribution in [0.5, 0.6) is 0 Å². The lowest BCUT2D eigenvalue weighted by molar-refractivity contribution is 0.414. The molecule has 0 fully saturated rings. The van der Waals surface area contributed by atoms with Crippen molar-refractivity contribution in [3.05, 3.63) is 188 Å². The SMILES string of the molecule is CC1(C)c2ccccc2N(CCCCCCCCCCN2c3ccccc3C(C)(C)C2/C=C/C2=C(Cl)C(=C/CC3N(CCCCS(=O)(=O)O)c4ccccc4C3(C)C)/CCC2)C1/C=C/C1=C(Cl)C(=C/CC2N(CCCCS(=O)(=O)O)c3ccccc3C2(C)C)/CCC1. The van der Waals surface area contributed by atoms with E-state index in [1.165, 1.54) is 106 Å². The van der Waals surface area contributed by atoms with Crippen molar-refractivity contribution in [2.45, 2.75) is 230 Å². The van der Waals surface area contributed by atoms with Crippen LogP contribution in [0.2, 0.25) is 0 Å². The Hall–Kier alpha value is -5.08. The van der Waals surface area contributed by atoms with Crippen molar-refractivity contribution in [3.63, 3.8) is 0 Å². The summed E-state index contributed by atoms with van der Waals surface area (Å²) in [5.41, 5.74) is 15.1. The summed E-state index contributed by atoms with van der Waals surface area (Å²) in [6.45, 7) is 22.4. The fourth-order valence-corrected chi connectivity index (χ4v) is 18.5. The Morgan fingerprint density at radius 2 is 0.707 bits per heavy atom. The molecule has 14 heteroatoms. The van der Waals surface area contributed by atoms with Gasteiger partial charge in [-0.2, -0.15) is 16.8 Å². The maximum atomic E-state index is 11.5. The lowest BCUT2D eigenvalue weighted by atomic mass is 9.78. The topological polar surface area (TPSA) is 122 Å². The van der Waals surface area contributed by atoms with Crippen LogP contribution in [0, 0.1) is 0 Å². The second kappa shape index (κ2) is 29.5. The van der Waals surface area contributed by atoms with E-state index in [4.69, 9.17) is 23.2 Å². The smallest absolute Gasteiger partial charge is 0.264 e. The molecule has 0 aromatic heterocycles. The highest BCUT2D eigenvalue weighted by Gasteiger charge is 2.47. The number of nitrogens with zero attached hydrogens (tertiary/aromatic N) is 4. The van der Waals surface area contributed by atoms with Crippen molar-refractivity contribution < 1.29 is 25.9 Å². The number of rotatable bonds is 29. The van der Waals surface area contributed by atoms with Crippen LogP contribution in [0.1, 0.15) is 206 Å². The van der Waals surface area contributed by atoms with Crippen LogP contribution in [0.3, 0.4) is 0 Å². The van der Waals surface area contributed by atoms with E-state index in [0.29, 0.717) is 25.7 Å². The molecule has 4 aliphatic heterocycles. The third-order valence-corrected chi connectivity index (χ3v) is 24.5. The van der Waals surface area contributed by atoms with Gasteiger partial charge in [-0.3, -0.25) is 9.11 Å². The summed E-state index contributed by atoms with van der Waals surface area (Å²) >= 11 is 14.8. The summed E-state index contributed by atoms with van der Waals surface area (Å²) < 4.78 is 64.9. The summed E-state index contributed by atoms with van der Waals surface area (Å²) in [6, 6.07) is 36.0. The van der Waals surface area contributed by atoms with E-state index in [0.717, 1.165) is 100 Å². The normalized spacial score (nSPS) is 23.3. The summed E-state index contributed by atoms with van der Waals surface area (Å²) in [7, 11) is -7.98. The van der Waals surface area contributed by atoms with Crippen LogP contribution in [-0.4, -0.2) is 87.8 Å². The molecule has 4 aromatic carbocycles. The molecular formula is C78H104Cl2N4O6S2. The van der Waals surface area contributed by atoms with E-state index in [2.05, 4.69) is 209 Å². The molecule has 0 bridgehead atoms. The molecule has 10 nitrogen and oxygen atoms in total. The van der Waals surface area contributed by atoms with Gasteiger partial charge in [0.25, 0.3) is 20.2 Å². The van der Waals surface area contributed by atoms with E-state index < -0.39 is 20.2 Å². The van der Waals surface area contributed by atoms with Gasteiger partial charge in [0.15, 0.2) is 0 Å². The molecule has 2 aliphatic carbocycles. The fourth-order valence-electron chi connectivity index (χ4n) is 16.7. The minimum atomic E-state index is -3.99. The highest BCUT2D eigenvalue weighted by molar-refractivity contribution is 7.86. The van der Waals surface area contributed by atoms with Gasteiger partial charge in [0.1, 0.15) is 0 Å². The van der Waals surface area contributed by atoms with Crippen molar-refractivity contribution in [1.82, 2.24) is 0 Å². The molecule has 4 aromatic rings. The van der Waals surface area contributed by atoms with Gasteiger partial charge in [-0.15, -0.1) is 0 Å². The Labute approximate surface area is 563 Å². The largest absolute Gasteiger partial charge is 0.367 e. The van der Waals surface area contributed by atoms with Gasteiger partial charge >= 0.3 is 0 Å². The molecule has 0 amide bonds. The molecule has 10 rings (SSSR count). The van der Waals surface area contributed by atoms with E-state index in [-0.39, 0.29) is 57.3 Å². The Morgan fingerprint density at radius 1 is 0.413 bits per heavy atom. The number of anilines is 4. The molecule has 0 saturated carbocycles. The second-order valence-corrected chi connectivity index (χ2v) is 33.4. The molecule has 0 saturated heterocycles. The number of halogens is 2. The number of para-hydroxylation sites is 4. The summed E-state index contributed by atoms with van der Waals surface area (Å²) in [5, 5.41) is 1.78. The molecule has 0 spiro atoms. The maximum Gasteiger partial charge on any atom is 0.264 e. The zero-order valence-corrected chi connectivity index (χ0v) is 59.4. The van der Waals surface area contributed by atoms with E-state index >= 15 is 0 Å². The summed E-state index contributed by atoms with van der Waals surface area (Å²) in [4.78, 5) is 10.2. The zero-order chi connectivity index (χ0) is 65.6. The Morgan fingerprint density at radius 3 is 1.05 bits per heavy atom. The van der Waals surface area contributed by atoms with Gasteiger partial charge in [0, 0.05) is 92.7 Å². The summed E-state index contributed by atoms with van der Waals surface area (Å²) in [6.07, 6.45) is 33.9. The average molecular weight is 1330 g/mol. The van der Waals surface area contributed by atoms with Crippen LogP contribution in [0.25, 0.3) is 0 Å². The molecule has 4 atom stereocenters. The van der Waals surface area contributed by atoms with Crippen molar-refractivity contribution >= 4 is 66.2 Å². The number of benzene rings is 4. The summed E-state index contributed by atoms with van der Waals surface area (Å²) in [5.74, 6) is -0.430. The predicted octanol–water partition coefficient (Wildman–Crippen LogP) is 19.2. The van der Waals surface area contributed by atoms with Gasteiger partial charge in [0.2, 0.25) is 0 Å². The highest BCUT2D eigenvalue weighted by atomic mass is 35.5. The quantitative estimate of drug-likeness (QED) is 0.0401. The van der Waals surface area contributed by atoms with Gasteiger partial charge in [0.05, 0.1) is 23.6 Å². The second-order valence-electron chi connectivity index (χ2n) is 29.5. The minimum Gasteiger partial charge on any atom is -0.367 e. The van der Waals surface area contributed by atoms with Crippen molar-refractivity contribution in [1.29, 1.82) is 0 Å². The highest BCUT2D eigenvalue weighted by Crippen LogP contribution is 2.51. The van der Waals surface area contributed by atoms with Crippen LogP contribution in [0.15, 0.2) is 166 Å². The van der Waals surface area contributed by atoms with E-state index in [9.17, 15) is 25.9 Å². The number of unbranched alkanes of at least 4 members (excludes halogenated alkanes) is 9. The molecule has 2 N–H and O–H groups in total. The molecule has 498 valence electrons. The van der Waals surface area contributed by atoms with Gasteiger partial charge in [-0.05, 0) is 159 Å². The lowest BCUT2D eigenvalue weighted by Gasteiger charge is -2.34. The molecular weight excluding hydrogens is 1220 g/mol. The molecule has 92 heavy (non-hydrogen) atoms. The Balaban J connectivity index is 0.715. The maximum absolute atomic E-state index is 11.5. The molecule has 0 radical (unpaired) electrons. The Kier molecular flexibility index (Phi) is 22.4. The number of allylic oxidation sites excluding steroid dienone is 8. The van der Waals surface area contributed by atoms with Crippen molar-refractivity contribution in [2.75, 3.05) is 57.3 Å². The van der Waals surface area contributed by atoms with Crippen LogP contribution < -0.4 is 19.6 Å². The monoisotopic (exact) mass is 1330 g/mol. The first-order chi connectivity index (χ1) is 43.8. The number of hydrogen-bond donors (Lipinski definition) is 2.